The predicted octanol–water partition coefficient (Wildman–Crippen LogP) is 3.01. The summed E-state index contributed by atoms with van der Waals surface area (Å²) in [5.74, 6) is -0.727. The molecular formula is C18H22N2O3. The van der Waals surface area contributed by atoms with E-state index in [1.807, 2.05) is 30.3 Å². The Balaban J connectivity index is 2.19. The normalized spacial score (nSPS) is 20.0. The van der Waals surface area contributed by atoms with Crippen LogP contribution in [0.3, 0.4) is 0 Å². The lowest BCUT2D eigenvalue weighted by Gasteiger charge is -2.23. The molecule has 0 spiro atoms. The zero-order chi connectivity index (χ0) is 17.0. The molecule has 0 bridgehead atoms. The number of rotatable bonds is 5. The van der Waals surface area contributed by atoms with Gasteiger partial charge in [-0.1, -0.05) is 32.0 Å². The van der Waals surface area contributed by atoms with E-state index >= 15 is 0 Å². The summed E-state index contributed by atoms with van der Waals surface area (Å²) in [5.41, 5.74) is 1.98. The molecule has 1 aliphatic rings. The van der Waals surface area contributed by atoms with E-state index in [0.717, 1.165) is 17.7 Å². The molecule has 1 aliphatic heterocycles. The van der Waals surface area contributed by atoms with E-state index in [1.54, 1.807) is 4.90 Å². The number of ether oxygens (including phenoxy) is 1. The molecule has 122 valence electrons. The third-order valence-corrected chi connectivity index (χ3v) is 4.30. The van der Waals surface area contributed by atoms with Crippen LogP contribution in [0.1, 0.15) is 45.1 Å². The lowest BCUT2D eigenvalue weighted by molar-refractivity contribution is -0.150. The minimum Gasteiger partial charge on any atom is -0.447 e. The van der Waals surface area contributed by atoms with E-state index in [9.17, 15) is 9.59 Å². The highest BCUT2D eigenvalue weighted by Crippen LogP contribution is 2.33. The van der Waals surface area contributed by atoms with Crippen LogP contribution in [0.25, 0.3) is 0 Å². The Bertz CT molecular complexity index is 635. The highest BCUT2D eigenvalue weighted by Gasteiger charge is 2.37. The van der Waals surface area contributed by atoms with Crippen LogP contribution >= 0.6 is 0 Å². The standard InChI is InChI=1S/C18H22N2O3/c1-4-12(2)15-7-5-6-8-16(15)20-11-14(9-17(20)21)18(22)23-13(3)10-19/h5-8,12-14H,4,9,11H2,1-3H3/t12-,13-,14+/m0/s1. The molecule has 1 aromatic rings. The number of amides is 1. The van der Waals surface area contributed by atoms with Gasteiger partial charge in [-0.2, -0.15) is 5.26 Å². The van der Waals surface area contributed by atoms with E-state index in [2.05, 4.69) is 13.8 Å². The summed E-state index contributed by atoms with van der Waals surface area (Å²) in [6.07, 6.45) is 0.315. The van der Waals surface area contributed by atoms with Crippen LogP contribution < -0.4 is 4.90 Å². The molecule has 1 aromatic carbocycles. The van der Waals surface area contributed by atoms with Gasteiger partial charge in [-0.25, -0.2) is 0 Å². The highest BCUT2D eigenvalue weighted by molar-refractivity contribution is 6.00. The number of hydrogen-bond acceptors (Lipinski definition) is 4. The number of nitriles is 1. The molecule has 0 unspecified atom stereocenters. The molecule has 1 saturated heterocycles. The van der Waals surface area contributed by atoms with Crippen molar-refractivity contribution in [3.05, 3.63) is 29.8 Å². The van der Waals surface area contributed by atoms with Gasteiger partial charge in [0.25, 0.3) is 0 Å². The first-order chi connectivity index (χ1) is 11.0. The van der Waals surface area contributed by atoms with Crippen molar-refractivity contribution in [1.29, 1.82) is 5.26 Å². The van der Waals surface area contributed by atoms with Gasteiger partial charge in [0.2, 0.25) is 5.91 Å². The van der Waals surface area contributed by atoms with Gasteiger partial charge < -0.3 is 9.64 Å². The number of hydrogen-bond donors (Lipinski definition) is 0. The van der Waals surface area contributed by atoms with Crippen LogP contribution in [-0.2, 0) is 14.3 Å². The van der Waals surface area contributed by atoms with Gasteiger partial charge in [0.1, 0.15) is 6.07 Å². The van der Waals surface area contributed by atoms with Gasteiger partial charge in [-0.15, -0.1) is 0 Å². The molecule has 0 aromatic heterocycles. The smallest absolute Gasteiger partial charge is 0.312 e. The Morgan fingerprint density at radius 2 is 2.13 bits per heavy atom. The summed E-state index contributed by atoms with van der Waals surface area (Å²) < 4.78 is 5.04. The van der Waals surface area contributed by atoms with Crippen LogP contribution in [0, 0.1) is 17.2 Å². The molecule has 0 N–H and O–H groups in total. The zero-order valence-corrected chi connectivity index (χ0v) is 13.8. The minimum absolute atomic E-state index is 0.0766. The zero-order valence-electron chi connectivity index (χ0n) is 13.8. The molecule has 1 fully saturated rings. The quantitative estimate of drug-likeness (QED) is 0.783. The fourth-order valence-corrected chi connectivity index (χ4v) is 2.77. The molecule has 1 amide bonds. The maximum Gasteiger partial charge on any atom is 0.312 e. The van der Waals surface area contributed by atoms with Gasteiger partial charge in [0.15, 0.2) is 6.10 Å². The van der Waals surface area contributed by atoms with Crippen LogP contribution in [0.5, 0.6) is 0 Å². The van der Waals surface area contributed by atoms with Crippen molar-refractivity contribution in [3.63, 3.8) is 0 Å². The summed E-state index contributed by atoms with van der Waals surface area (Å²) in [6.45, 7) is 6.06. The Morgan fingerprint density at radius 1 is 1.43 bits per heavy atom. The average Bonchev–Trinajstić information content (AvgIpc) is 2.95. The topological polar surface area (TPSA) is 70.4 Å². The molecule has 0 aliphatic carbocycles. The molecule has 3 atom stereocenters. The van der Waals surface area contributed by atoms with Crippen molar-refractivity contribution < 1.29 is 14.3 Å². The van der Waals surface area contributed by atoms with Crippen molar-refractivity contribution in [2.24, 2.45) is 5.92 Å². The molecule has 0 saturated carbocycles. The molecule has 2 rings (SSSR count). The van der Waals surface area contributed by atoms with E-state index < -0.39 is 18.0 Å². The highest BCUT2D eigenvalue weighted by atomic mass is 16.5. The fourth-order valence-electron chi connectivity index (χ4n) is 2.77. The number of benzene rings is 1. The molecular weight excluding hydrogens is 292 g/mol. The Kier molecular flexibility index (Phi) is 5.38. The van der Waals surface area contributed by atoms with Gasteiger partial charge >= 0.3 is 5.97 Å². The van der Waals surface area contributed by atoms with E-state index in [4.69, 9.17) is 10.00 Å². The van der Waals surface area contributed by atoms with Crippen LogP contribution in [0.4, 0.5) is 5.69 Å². The second-order valence-corrected chi connectivity index (χ2v) is 5.98. The summed E-state index contributed by atoms with van der Waals surface area (Å²) in [4.78, 5) is 26.1. The second kappa shape index (κ2) is 7.28. The lowest BCUT2D eigenvalue weighted by atomic mass is 9.96. The van der Waals surface area contributed by atoms with Crippen LogP contribution in [-0.4, -0.2) is 24.5 Å². The van der Waals surface area contributed by atoms with Crippen LogP contribution in [0.15, 0.2) is 24.3 Å². The lowest BCUT2D eigenvalue weighted by Crippen LogP contribution is -2.28. The molecule has 5 nitrogen and oxygen atoms in total. The molecule has 23 heavy (non-hydrogen) atoms. The Labute approximate surface area is 136 Å². The van der Waals surface area contributed by atoms with Crippen molar-refractivity contribution in [2.45, 2.75) is 45.6 Å². The summed E-state index contributed by atoms with van der Waals surface area (Å²) in [5, 5.41) is 8.73. The minimum atomic E-state index is -0.793. The number of para-hydroxylation sites is 1. The van der Waals surface area contributed by atoms with E-state index in [0.29, 0.717) is 12.5 Å². The summed E-state index contributed by atoms with van der Waals surface area (Å²) in [6, 6.07) is 9.68. The molecule has 5 heteroatoms. The maximum absolute atomic E-state index is 12.4. The first kappa shape index (κ1) is 17.0. The molecule has 1 heterocycles. The van der Waals surface area contributed by atoms with E-state index in [-0.39, 0.29) is 12.3 Å². The fraction of sp³-hybridized carbons (Fsp3) is 0.500. The third kappa shape index (κ3) is 3.70. The Hall–Kier alpha value is -2.35. The van der Waals surface area contributed by atoms with Crippen LogP contribution in [0.2, 0.25) is 0 Å². The first-order valence-corrected chi connectivity index (χ1v) is 7.97. The Morgan fingerprint density at radius 3 is 2.78 bits per heavy atom. The SMILES string of the molecule is CC[C@H](C)c1ccccc1N1C[C@H](C(=O)O[C@@H](C)C#N)CC1=O. The van der Waals surface area contributed by atoms with Crippen molar-refractivity contribution >= 4 is 17.6 Å². The predicted molar refractivity (Wildman–Crippen MR) is 86.8 cm³/mol. The van der Waals surface area contributed by atoms with Crippen molar-refractivity contribution in [1.82, 2.24) is 0 Å². The summed E-state index contributed by atoms with van der Waals surface area (Å²) in [7, 11) is 0. The largest absolute Gasteiger partial charge is 0.447 e. The number of carbonyl (C=O) groups excluding carboxylic acids is 2. The van der Waals surface area contributed by atoms with Gasteiger partial charge in [0.05, 0.1) is 5.92 Å². The average molecular weight is 314 g/mol. The molecule has 0 radical (unpaired) electrons. The van der Waals surface area contributed by atoms with Gasteiger partial charge in [-0.3, -0.25) is 9.59 Å². The second-order valence-electron chi connectivity index (χ2n) is 5.98. The number of nitrogens with zero attached hydrogens (tertiary/aromatic N) is 2. The first-order valence-electron chi connectivity index (χ1n) is 7.97. The van der Waals surface area contributed by atoms with E-state index in [1.165, 1.54) is 6.92 Å². The van der Waals surface area contributed by atoms with Crippen molar-refractivity contribution in [3.8, 4) is 6.07 Å². The number of esters is 1. The number of anilines is 1. The summed E-state index contributed by atoms with van der Waals surface area (Å²) >= 11 is 0. The van der Waals surface area contributed by atoms with Gasteiger partial charge in [-0.05, 0) is 30.9 Å². The monoisotopic (exact) mass is 314 g/mol. The van der Waals surface area contributed by atoms with Crippen molar-refractivity contribution in [2.75, 3.05) is 11.4 Å². The third-order valence-electron chi connectivity index (χ3n) is 4.30. The van der Waals surface area contributed by atoms with Gasteiger partial charge in [0, 0.05) is 18.7 Å². The maximum atomic E-state index is 12.4. The number of carbonyl (C=O) groups is 2.